The van der Waals surface area contributed by atoms with Crippen molar-refractivity contribution in [3.63, 3.8) is 0 Å². The Morgan fingerprint density at radius 1 is 0.500 bits per heavy atom. The minimum absolute atomic E-state index is 0. The van der Waals surface area contributed by atoms with Crippen molar-refractivity contribution in [2.75, 3.05) is 23.0 Å². The van der Waals surface area contributed by atoms with Gasteiger partial charge in [0.2, 0.25) is 0 Å². The van der Waals surface area contributed by atoms with Crippen LogP contribution >= 0.6 is 24.8 Å². The molecule has 0 spiro atoms. The van der Waals surface area contributed by atoms with Gasteiger partial charge in [-0.05, 0) is 0 Å². The predicted molar refractivity (Wildman–Crippen MR) is 105 cm³/mol. The van der Waals surface area contributed by atoms with Gasteiger partial charge in [-0.25, -0.2) is 26.0 Å². The molecule has 2 heterocycles. The third kappa shape index (κ3) is 9.47. The highest BCUT2D eigenvalue weighted by atomic mass is 35.5. The van der Waals surface area contributed by atoms with Gasteiger partial charge in [-0.3, -0.25) is 0 Å². The Morgan fingerprint density at radius 3 is 1.12 bits per heavy atom. The van der Waals surface area contributed by atoms with E-state index >= 15 is 0 Å². The summed E-state index contributed by atoms with van der Waals surface area (Å²) in [5, 5.41) is 0. The minimum Gasteiger partial charge on any atom is -0.229 e. The van der Waals surface area contributed by atoms with Gasteiger partial charge in [0.25, 0.3) is 0 Å². The van der Waals surface area contributed by atoms with Crippen LogP contribution in [0.3, 0.4) is 0 Å². The number of nitrogens with zero attached hydrogens (tertiary/aromatic N) is 2. The molecule has 2 aromatic rings. The summed E-state index contributed by atoms with van der Waals surface area (Å²) in [4.78, 5) is 0. The first-order valence-corrected chi connectivity index (χ1v) is 11.3. The van der Waals surface area contributed by atoms with E-state index in [2.05, 4.69) is 0 Å². The molecule has 6 nitrogen and oxygen atoms in total. The van der Waals surface area contributed by atoms with E-state index in [0.29, 0.717) is 13.1 Å². The summed E-state index contributed by atoms with van der Waals surface area (Å²) in [7, 11) is -6.81. The van der Waals surface area contributed by atoms with E-state index in [9.17, 15) is 16.8 Å². The van der Waals surface area contributed by atoms with Crippen molar-refractivity contribution in [3.05, 3.63) is 61.2 Å². The van der Waals surface area contributed by atoms with Gasteiger partial charge in [-0.1, -0.05) is 12.1 Å². The monoisotopic (exact) mass is 442 g/mol. The van der Waals surface area contributed by atoms with Gasteiger partial charge >= 0.3 is 0 Å². The van der Waals surface area contributed by atoms with E-state index in [1.807, 2.05) is 36.4 Å². The number of halogens is 2. The van der Waals surface area contributed by atoms with E-state index in [4.69, 9.17) is 0 Å². The number of hydrogen-bond acceptors (Lipinski definition) is 4. The van der Waals surface area contributed by atoms with Gasteiger partial charge in [-0.2, -0.15) is 0 Å². The fourth-order valence-corrected chi connectivity index (χ4v) is 5.53. The standard InChI is InChI=1S/C16H22N2O4S2.2ClH/c19-23(20,13-11-17-7-3-1-4-8-17)15-16-24(21,22)14-12-18-9-5-2-6-10-18;;/h1-10H,11-16H2;2*1H/q+2;;. The van der Waals surface area contributed by atoms with Crippen molar-refractivity contribution < 1.29 is 26.0 Å². The minimum atomic E-state index is -3.40. The van der Waals surface area contributed by atoms with Crippen LogP contribution in [-0.4, -0.2) is 39.8 Å². The number of sulfone groups is 2. The van der Waals surface area contributed by atoms with E-state index in [1.165, 1.54) is 0 Å². The van der Waals surface area contributed by atoms with Crippen LogP contribution in [-0.2, 0) is 32.8 Å². The van der Waals surface area contributed by atoms with Gasteiger partial charge in [0.1, 0.15) is 11.5 Å². The molecular weight excluding hydrogens is 419 g/mol. The van der Waals surface area contributed by atoms with Crippen LogP contribution in [0.5, 0.6) is 0 Å². The second kappa shape index (κ2) is 11.5. The van der Waals surface area contributed by atoms with E-state index in [1.54, 1.807) is 33.9 Å². The van der Waals surface area contributed by atoms with Gasteiger partial charge in [0, 0.05) is 24.3 Å². The molecule has 0 aliphatic rings. The first-order valence-electron chi connectivity index (χ1n) is 7.65. The number of hydrogen-bond donors (Lipinski definition) is 0. The molecule has 0 aliphatic heterocycles. The molecular formula is C16H24Cl2N2O4S2+2. The Balaban J connectivity index is 0.00000312. The molecule has 26 heavy (non-hydrogen) atoms. The van der Waals surface area contributed by atoms with E-state index in [0.717, 1.165) is 0 Å². The second-order valence-electron chi connectivity index (χ2n) is 5.53. The highest BCUT2D eigenvalue weighted by Crippen LogP contribution is 1.97. The van der Waals surface area contributed by atoms with Crippen molar-refractivity contribution >= 4 is 44.5 Å². The highest BCUT2D eigenvalue weighted by molar-refractivity contribution is 7.95. The fraction of sp³-hybridized carbons (Fsp3) is 0.375. The lowest BCUT2D eigenvalue weighted by atomic mass is 10.5. The van der Waals surface area contributed by atoms with Crippen LogP contribution in [0.25, 0.3) is 0 Å². The third-order valence-corrected chi connectivity index (χ3v) is 7.10. The zero-order chi connectivity index (χ0) is 17.5. The first-order chi connectivity index (χ1) is 11.4. The SMILES string of the molecule is Cl.Cl.O=S(=O)(CC[n+]1ccccc1)CCS(=O)(=O)CC[n+]1ccccc1. The molecule has 0 amide bonds. The predicted octanol–water partition coefficient (Wildman–Crippen LogP) is 0.635. The molecule has 0 atom stereocenters. The largest absolute Gasteiger partial charge is 0.229 e. The summed E-state index contributed by atoms with van der Waals surface area (Å²) in [6.07, 6.45) is 7.12. The van der Waals surface area contributed by atoms with Crippen LogP contribution in [0.1, 0.15) is 0 Å². The van der Waals surface area contributed by atoms with Gasteiger partial charge in [-0.15, -0.1) is 24.8 Å². The molecule has 0 radical (unpaired) electrons. The summed E-state index contributed by atoms with van der Waals surface area (Å²) >= 11 is 0. The fourth-order valence-electron chi connectivity index (χ4n) is 2.11. The molecule has 2 rings (SSSR count). The highest BCUT2D eigenvalue weighted by Gasteiger charge is 2.20. The molecule has 10 heteroatoms. The Morgan fingerprint density at radius 2 is 0.808 bits per heavy atom. The van der Waals surface area contributed by atoms with E-state index in [-0.39, 0.29) is 47.8 Å². The first kappa shape index (κ1) is 24.8. The summed E-state index contributed by atoms with van der Waals surface area (Å²) in [6.45, 7) is 0.645. The Labute approximate surface area is 167 Å². The van der Waals surface area contributed by atoms with Crippen molar-refractivity contribution in [2.24, 2.45) is 0 Å². The lowest BCUT2D eigenvalue weighted by Gasteiger charge is -2.04. The zero-order valence-corrected chi connectivity index (χ0v) is 17.4. The molecule has 0 aromatic carbocycles. The molecule has 146 valence electrons. The Hall–Kier alpha value is -1.22. The average Bonchev–Trinajstić information content (AvgIpc) is 2.59. The summed E-state index contributed by atoms with van der Waals surface area (Å²) in [5.74, 6) is -0.792. The van der Waals surface area contributed by atoms with Gasteiger partial charge in [0.05, 0.1) is 11.5 Å². The smallest absolute Gasteiger partial charge is 0.168 e. The summed E-state index contributed by atoms with van der Waals surface area (Å²) in [5.41, 5.74) is 0. The molecule has 0 saturated carbocycles. The molecule has 0 bridgehead atoms. The van der Waals surface area contributed by atoms with Crippen LogP contribution in [0.2, 0.25) is 0 Å². The summed E-state index contributed by atoms with van der Waals surface area (Å²) < 4.78 is 51.7. The van der Waals surface area contributed by atoms with Crippen molar-refractivity contribution in [2.45, 2.75) is 13.1 Å². The number of aryl methyl sites for hydroxylation is 2. The maximum absolute atomic E-state index is 12.0. The Bertz CT molecular complexity index is 773. The lowest BCUT2D eigenvalue weighted by molar-refractivity contribution is -0.692. The third-order valence-electron chi connectivity index (χ3n) is 3.58. The van der Waals surface area contributed by atoms with Gasteiger partial charge in [0.15, 0.2) is 57.6 Å². The second-order valence-corrected chi connectivity index (χ2v) is 10.1. The van der Waals surface area contributed by atoms with Crippen LogP contribution in [0.15, 0.2) is 61.2 Å². The molecule has 0 unspecified atom stereocenters. The van der Waals surface area contributed by atoms with Crippen LogP contribution in [0.4, 0.5) is 0 Å². The van der Waals surface area contributed by atoms with E-state index < -0.39 is 19.7 Å². The average molecular weight is 443 g/mol. The molecule has 0 saturated heterocycles. The van der Waals surface area contributed by atoms with Crippen molar-refractivity contribution in [1.29, 1.82) is 0 Å². The van der Waals surface area contributed by atoms with Gasteiger partial charge < -0.3 is 0 Å². The molecule has 2 aromatic heterocycles. The maximum Gasteiger partial charge on any atom is 0.168 e. The summed E-state index contributed by atoms with van der Waals surface area (Å²) in [6, 6.07) is 11.0. The number of rotatable bonds is 9. The Kier molecular flexibility index (Phi) is 10.9. The molecule has 0 fully saturated rings. The van der Waals surface area contributed by atoms with Crippen molar-refractivity contribution in [1.82, 2.24) is 0 Å². The van der Waals surface area contributed by atoms with Crippen LogP contribution in [0, 0.1) is 0 Å². The lowest BCUT2D eigenvalue weighted by Crippen LogP contribution is -2.38. The molecule has 0 N–H and O–H groups in total. The number of pyridine rings is 2. The zero-order valence-electron chi connectivity index (χ0n) is 14.2. The number of aromatic nitrogens is 2. The molecule has 0 aliphatic carbocycles. The quantitative estimate of drug-likeness (QED) is 0.533. The maximum atomic E-state index is 12.0. The van der Waals surface area contributed by atoms with Crippen molar-refractivity contribution in [3.8, 4) is 0 Å². The van der Waals surface area contributed by atoms with Crippen LogP contribution < -0.4 is 9.13 Å². The normalized spacial score (nSPS) is 11.2. The topological polar surface area (TPSA) is 76.0 Å².